The number of carboxylic acids is 1. The summed E-state index contributed by atoms with van der Waals surface area (Å²) in [7, 11) is 0. The van der Waals surface area contributed by atoms with E-state index >= 15 is 0 Å². The first-order chi connectivity index (χ1) is 10.7. The molecule has 0 bridgehead atoms. The van der Waals surface area contributed by atoms with Crippen LogP contribution in [0.25, 0.3) is 22.6 Å². The van der Waals surface area contributed by atoms with E-state index in [4.69, 9.17) is 4.42 Å². The minimum Gasteiger partial charge on any atom is -0.545 e. The lowest BCUT2D eigenvalue weighted by atomic mass is 10.0. The molecule has 0 radical (unpaired) electrons. The maximum atomic E-state index is 11.6. The molecule has 22 heavy (non-hydrogen) atoms. The van der Waals surface area contributed by atoms with Crippen molar-refractivity contribution in [3.63, 3.8) is 0 Å². The number of fused-ring (bicyclic) bond motifs is 2. The van der Waals surface area contributed by atoms with E-state index in [0.717, 1.165) is 29.0 Å². The lowest BCUT2D eigenvalue weighted by Crippen LogP contribution is -2.24. The molecule has 4 heteroatoms. The fourth-order valence-electron chi connectivity index (χ4n) is 3.06. The topological polar surface area (TPSA) is 66.2 Å². The van der Waals surface area contributed by atoms with Gasteiger partial charge < -0.3 is 14.3 Å². The molecule has 108 valence electrons. The number of carbonyl (C=O) groups is 1. The molecule has 4 rings (SSSR count). The maximum Gasteiger partial charge on any atom is 0.126 e. The highest BCUT2D eigenvalue weighted by molar-refractivity contribution is 6.05. The Morgan fingerprint density at radius 1 is 1.18 bits per heavy atom. The van der Waals surface area contributed by atoms with E-state index < -0.39 is 5.97 Å². The van der Waals surface area contributed by atoms with Gasteiger partial charge >= 0.3 is 0 Å². The Balaban J connectivity index is 1.99. The number of furan rings is 1. The molecule has 4 nitrogen and oxygen atoms in total. The van der Waals surface area contributed by atoms with Gasteiger partial charge in [0.2, 0.25) is 0 Å². The summed E-state index contributed by atoms with van der Waals surface area (Å²) in [6.07, 6.45) is 4.94. The molecule has 0 saturated heterocycles. The largest absolute Gasteiger partial charge is 0.545 e. The van der Waals surface area contributed by atoms with Crippen molar-refractivity contribution in [1.82, 2.24) is 4.98 Å². The van der Waals surface area contributed by atoms with Crippen LogP contribution < -0.4 is 5.11 Å². The van der Waals surface area contributed by atoms with Crippen molar-refractivity contribution < 1.29 is 14.3 Å². The van der Waals surface area contributed by atoms with Gasteiger partial charge in [0.15, 0.2) is 0 Å². The molecule has 0 unspecified atom stereocenters. The van der Waals surface area contributed by atoms with Crippen LogP contribution >= 0.6 is 0 Å². The number of pyridine rings is 1. The fourth-order valence-corrected chi connectivity index (χ4v) is 3.06. The quantitative estimate of drug-likeness (QED) is 0.727. The van der Waals surface area contributed by atoms with Gasteiger partial charge in [0.1, 0.15) is 5.76 Å². The third-order valence-corrected chi connectivity index (χ3v) is 4.01. The monoisotopic (exact) mass is 290 g/mol. The molecule has 0 amide bonds. The van der Waals surface area contributed by atoms with Gasteiger partial charge in [-0.15, -0.1) is 0 Å². The standard InChI is InChI=1S/C18H13NO3/c20-18(21)16-13-5-1-2-6-15(13)19-17-11(7-8-14(16)17)10-12-4-3-9-22-12/h1-6,9-10H,7-8H2,(H,20,21)/p-1/b11-10+. The Bertz CT molecular complexity index is 907. The predicted molar refractivity (Wildman–Crippen MR) is 81.0 cm³/mol. The normalized spacial score (nSPS) is 15.4. The van der Waals surface area contributed by atoms with Crippen LogP contribution in [0.15, 0.2) is 47.1 Å². The number of allylic oxidation sites excluding steroid dienone is 1. The number of carboxylic acid groups (broad SMARTS) is 1. The van der Waals surface area contributed by atoms with Gasteiger partial charge in [-0.1, -0.05) is 18.2 Å². The SMILES string of the molecule is O=C([O-])c1c2c(nc3ccccc13)/C(=C/c1ccco1)CC2. The number of aromatic carboxylic acids is 1. The van der Waals surface area contributed by atoms with Gasteiger partial charge in [0, 0.05) is 10.9 Å². The second kappa shape index (κ2) is 4.84. The molecule has 1 aliphatic carbocycles. The average molecular weight is 290 g/mol. The molecule has 0 saturated carbocycles. The van der Waals surface area contributed by atoms with E-state index in [9.17, 15) is 9.90 Å². The van der Waals surface area contributed by atoms with Crippen LogP contribution in [0.4, 0.5) is 0 Å². The zero-order chi connectivity index (χ0) is 15.1. The first kappa shape index (κ1) is 12.8. The summed E-state index contributed by atoms with van der Waals surface area (Å²) >= 11 is 0. The van der Waals surface area contributed by atoms with Crippen LogP contribution in [-0.2, 0) is 6.42 Å². The van der Waals surface area contributed by atoms with Gasteiger partial charge in [0.25, 0.3) is 0 Å². The third-order valence-electron chi connectivity index (χ3n) is 4.01. The molecule has 1 aliphatic rings. The van der Waals surface area contributed by atoms with Crippen molar-refractivity contribution in [2.75, 3.05) is 0 Å². The number of benzene rings is 1. The molecule has 0 spiro atoms. The smallest absolute Gasteiger partial charge is 0.126 e. The molecule has 0 N–H and O–H groups in total. The van der Waals surface area contributed by atoms with Crippen LogP contribution in [0, 0.1) is 0 Å². The number of hydrogen-bond donors (Lipinski definition) is 0. The average Bonchev–Trinajstić information content (AvgIpc) is 3.15. The van der Waals surface area contributed by atoms with E-state index in [2.05, 4.69) is 4.98 Å². The van der Waals surface area contributed by atoms with E-state index in [1.165, 1.54) is 0 Å². The Hall–Kier alpha value is -2.88. The summed E-state index contributed by atoms with van der Waals surface area (Å²) in [6.45, 7) is 0. The molecular formula is C18H12NO3-. The Morgan fingerprint density at radius 3 is 2.82 bits per heavy atom. The molecule has 0 fully saturated rings. The van der Waals surface area contributed by atoms with Crippen molar-refractivity contribution in [2.45, 2.75) is 12.8 Å². The minimum absolute atomic E-state index is 0.267. The zero-order valence-corrected chi connectivity index (χ0v) is 11.7. The van der Waals surface area contributed by atoms with E-state index in [1.54, 1.807) is 12.3 Å². The number of hydrogen-bond acceptors (Lipinski definition) is 4. The van der Waals surface area contributed by atoms with E-state index in [-0.39, 0.29) is 5.56 Å². The molecule has 2 heterocycles. The molecule has 1 aromatic carbocycles. The van der Waals surface area contributed by atoms with Gasteiger partial charge in [-0.2, -0.15) is 0 Å². The number of rotatable bonds is 2. The van der Waals surface area contributed by atoms with Crippen molar-refractivity contribution in [1.29, 1.82) is 0 Å². The van der Waals surface area contributed by atoms with Crippen molar-refractivity contribution >= 4 is 28.5 Å². The summed E-state index contributed by atoms with van der Waals surface area (Å²) in [4.78, 5) is 16.3. The Morgan fingerprint density at radius 2 is 2.05 bits per heavy atom. The number of aromatic nitrogens is 1. The van der Waals surface area contributed by atoms with Crippen LogP contribution in [-0.4, -0.2) is 11.0 Å². The Labute approximate surface area is 126 Å². The van der Waals surface area contributed by atoms with Gasteiger partial charge in [-0.05, 0) is 48.3 Å². The summed E-state index contributed by atoms with van der Waals surface area (Å²) in [5.41, 5.74) is 3.44. The lowest BCUT2D eigenvalue weighted by Gasteiger charge is -2.13. The summed E-state index contributed by atoms with van der Waals surface area (Å²) in [5, 5.41) is 12.3. The highest BCUT2D eigenvalue weighted by atomic mass is 16.4. The summed E-state index contributed by atoms with van der Waals surface area (Å²) in [5.74, 6) is -0.401. The summed E-state index contributed by atoms with van der Waals surface area (Å²) < 4.78 is 5.34. The molecule has 2 aromatic heterocycles. The van der Waals surface area contributed by atoms with Gasteiger partial charge in [0.05, 0.1) is 23.4 Å². The van der Waals surface area contributed by atoms with Crippen molar-refractivity contribution in [3.8, 4) is 0 Å². The molecule has 0 aliphatic heterocycles. The molecular weight excluding hydrogens is 278 g/mol. The van der Waals surface area contributed by atoms with E-state index in [0.29, 0.717) is 17.3 Å². The van der Waals surface area contributed by atoms with Crippen LogP contribution in [0.2, 0.25) is 0 Å². The van der Waals surface area contributed by atoms with Crippen molar-refractivity contribution in [3.05, 3.63) is 65.2 Å². The Kier molecular flexibility index (Phi) is 2.82. The van der Waals surface area contributed by atoms with Gasteiger partial charge in [-0.3, -0.25) is 0 Å². The summed E-state index contributed by atoms with van der Waals surface area (Å²) in [6, 6.07) is 11.0. The predicted octanol–water partition coefficient (Wildman–Crippen LogP) is 2.68. The zero-order valence-electron chi connectivity index (χ0n) is 11.7. The second-order valence-corrected chi connectivity index (χ2v) is 5.30. The van der Waals surface area contributed by atoms with Crippen molar-refractivity contribution in [2.24, 2.45) is 0 Å². The van der Waals surface area contributed by atoms with Crippen LogP contribution in [0.1, 0.15) is 33.8 Å². The highest BCUT2D eigenvalue weighted by Crippen LogP contribution is 2.37. The van der Waals surface area contributed by atoms with Gasteiger partial charge in [-0.25, -0.2) is 4.98 Å². The first-order valence-electron chi connectivity index (χ1n) is 7.11. The number of nitrogens with zero attached hydrogens (tertiary/aromatic N) is 1. The minimum atomic E-state index is -1.14. The van der Waals surface area contributed by atoms with E-state index in [1.807, 2.05) is 36.4 Å². The molecule has 0 atom stereocenters. The fraction of sp³-hybridized carbons (Fsp3) is 0.111. The second-order valence-electron chi connectivity index (χ2n) is 5.30. The molecule has 3 aromatic rings. The van der Waals surface area contributed by atoms with Crippen LogP contribution in [0.5, 0.6) is 0 Å². The lowest BCUT2D eigenvalue weighted by molar-refractivity contribution is -0.254. The third kappa shape index (κ3) is 1.92. The first-order valence-corrected chi connectivity index (χ1v) is 7.11. The van der Waals surface area contributed by atoms with Crippen LogP contribution in [0.3, 0.4) is 0 Å². The number of carbonyl (C=O) groups excluding carboxylic acids is 1. The maximum absolute atomic E-state index is 11.6. The number of para-hydroxylation sites is 1. The highest BCUT2D eigenvalue weighted by Gasteiger charge is 2.24.